The molecule has 0 atom stereocenters. The van der Waals surface area contributed by atoms with E-state index in [1.807, 2.05) is 0 Å². The topological polar surface area (TPSA) is 128 Å². The molecule has 0 aliphatic carbocycles. The normalized spacial score (nSPS) is 19.5. The van der Waals surface area contributed by atoms with Crippen LogP contribution in [0.2, 0.25) is 0 Å². The second-order valence-electron chi connectivity index (χ2n) is 5.54. The average Bonchev–Trinajstić information content (AvgIpc) is 2.49. The van der Waals surface area contributed by atoms with Crippen molar-refractivity contribution >= 4 is 22.3 Å². The predicted molar refractivity (Wildman–Crippen MR) is 86.3 cm³/mol. The highest BCUT2D eigenvalue weighted by atomic mass is 32.3. The molecule has 0 unspecified atom stereocenters. The Bertz CT molecular complexity index is 521. The molecule has 3 N–H and O–H groups in total. The van der Waals surface area contributed by atoms with E-state index in [-0.39, 0.29) is 12.5 Å². The highest BCUT2D eigenvalue weighted by molar-refractivity contribution is 7.80. The molecule has 24 heavy (non-hydrogen) atoms. The van der Waals surface area contributed by atoms with Crippen LogP contribution < -0.4 is 10.6 Å². The second-order valence-corrected chi connectivity index (χ2v) is 6.55. The Morgan fingerprint density at radius 2 is 2.00 bits per heavy atom. The summed E-state index contributed by atoms with van der Waals surface area (Å²) in [4.78, 5) is 23.4. The third-order valence-corrected chi connectivity index (χ3v) is 3.95. The molecule has 2 aliphatic rings. The molecule has 0 aromatic heterocycles. The molecule has 0 spiro atoms. The van der Waals surface area contributed by atoms with Gasteiger partial charge in [-0.2, -0.15) is 13.5 Å². The fourth-order valence-corrected chi connectivity index (χ4v) is 2.85. The monoisotopic (exact) mass is 366 g/mol. The minimum absolute atomic E-state index is 0.0897. The van der Waals surface area contributed by atoms with Crippen molar-refractivity contribution in [2.75, 3.05) is 32.7 Å². The summed E-state index contributed by atoms with van der Waals surface area (Å²) in [6.45, 7) is 6.62. The first kappa shape index (κ1) is 20.6. The lowest BCUT2D eigenvalue weighted by atomic mass is 10.1. The molecule has 2 fully saturated rings. The second kappa shape index (κ2) is 9.77. The Kier molecular flexibility index (Phi) is 8.39. The lowest BCUT2D eigenvalue weighted by Gasteiger charge is -2.32. The summed E-state index contributed by atoms with van der Waals surface area (Å²) in [7, 11) is -4.61. The number of hydrogen-bond acceptors (Lipinski definition) is 6. The summed E-state index contributed by atoms with van der Waals surface area (Å²) in [6, 6.07) is -0.130. The first-order chi connectivity index (χ1) is 11.2. The fraction of sp³-hybridized carbons (Fsp3) is 0.846. The SMILES string of the molecule is CC(=O)NC1CCNCC1.CCN1CCCN(OS(=O)(=O)O)C1=O. The molecule has 140 valence electrons. The number of carbonyl (C=O) groups is 2. The number of hydroxylamine groups is 2. The maximum Gasteiger partial charge on any atom is 0.418 e. The van der Waals surface area contributed by atoms with Crippen molar-refractivity contribution in [3.63, 3.8) is 0 Å². The van der Waals surface area contributed by atoms with Crippen LogP contribution in [-0.2, 0) is 19.5 Å². The third kappa shape index (κ3) is 7.90. The van der Waals surface area contributed by atoms with Crippen LogP contribution in [0.15, 0.2) is 0 Å². The third-order valence-electron chi connectivity index (χ3n) is 3.59. The van der Waals surface area contributed by atoms with E-state index in [1.165, 1.54) is 4.90 Å². The number of urea groups is 1. The number of piperidine rings is 1. The molecule has 2 rings (SSSR count). The zero-order chi connectivity index (χ0) is 18.2. The van der Waals surface area contributed by atoms with Gasteiger partial charge in [-0.25, -0.2) is 4.79 Å². The van der Waals surface area contributed by atoms with E-state index in [0.29, 0.717) is 30.6 Å². The Labute approximate surface area is 142 Å². The summed E-state index contributed by atoms with van der Waals surface area (Å²) < 4.78 is 33.2. The van der Waals surface area contributed by atoms with E-state index in [9.17, 15) is 18.0 Å². The van der Waals surface area contributed by atoms with Gasteiger partial charge in [0.25, 0.3) is 0 Å². The molecule has 10 nitrogen and oxygen atoms in total. The molecule has 3 amide bonds. The maximum atomic E-state index is 11.4. The number of carbonyl (C=O) groups excluding carboxylic acids is 2. The molecule has 2 saturated heterocycles. The van der Waals surface area contributed by atoms with Crippen molar-refractivity contribution in [3.05, 3.63) is 0 Å². The van der Waals surface area contributed by atoms with E-state index in [4.69, 9.17) is 4.55 Å². The van der Waals surface area contributed by atoms with E-state index in [0.717, 1.165) is 25.9 Å². The Morgan fingerprint density at radius 1 is 1.38 bits per heavy atom. The predicted octanol–water partition coefficient (Wildman–Crippen LogP) is -0.257. The van der Waals surface area contributed by atoms with Crippen molar-refractivity contribution in [1.29, 1.82) is 0 Å². The summed E-state index contributed by atoms with van der Waals surface area (Å²) in [5.74, 6) is 0.0897. The van der Waals surface area contributed by atoms with Crippen LogP contribution in [0, 0.1) is 0 Å². The number of rotatable bonds is 4. The van der Waals surface area contributed by atoms with Crippen LogP contribution >= 0.6 is 0 Å². The van der Waals surface area contributed by atoms with Gasteiger partial charge in [-0.1, -0.05) is 0 Å². The molecular weight excluding hydrogens is 340 g/mol. The fourth-order valence-electron chi connectivity index (χ4n) is 2.48. The van der Waals surface area contributed by atoms with Crippen LogP contribution in [0.25, 0.3) is 0 Å². The Hall–Kier alpha value is -1.43. The lowest BCUT2D eigenvalue weighted by Crippen LogP contribution is -2.49. The van der Waals surface area contributed by atoms with Crippen LogP contribution in [0.5, 0.6) is 0 Å². The van der Waals surface area contributed by atoms with Gasteiger partial charge in [0.05, 0.1) is 6.54 Å². The number of nitrogens with zero attached hydrogens (tertiary/aromatic N) is 2. The first-order valence-corrected chi connectivity index (χ1v) is 9.30. The molecule has 2 aliphatic heterocycles. The number of amides is 3. The van der Waals surface area contributed by atoms with Crippen LogP contribution in [0.1, 0.15) is 33.1 Å². The average molecular weight is 366 g/mol. The Balaban J connectivity index is 0.000000254. The van der Waals surface area contributed by atoms with Crippen molar-refractivity contribution in [1.82, 2.24) is 20.6 Å². The zero-order valence-corrected chi connectivity index (χ0v) is 14.8. The molecule has 0 aromatic rings. The molecule has 0 aromatic carbocycles. The lowest BCUT2D eigenvalue weighted by molar-refractivity contribution is -0.119. The largest absolute Gasteiger partial charge is 0.418 e. The standard InChI is InChI=1S/C7H14N2O.C6H12N2O5S/c1-6(10)9-7-2-4-8-5-3-7;1-2-7-4-3-5-8(6(7)9)13-14(10,11)12/h7-8H,2-5H2,1H3,(H,9,10);2-5H2,1H3,(H,10,11,12). The van der Waals surface area contributed by atoms with Crippen LogP contribution in [0.4, 0.5) is 4.79 Å². The summed E-state index contributed by atoms with van der Waals surface area (Å²) >= 11 is 0. The summed E-state index contributed by atoms with van der Waals surface area (Å²) in [5, 5.41) is 6.78. The van der Waals surface area contributed by atoms with Gasteiger partial charge in [-0.05, 0) is 39.3 Å². The van der Waals surface area contributed by atoms with Gasteiger partial charge >= 0.3 is 16.4 Å². The molecule has 11 heteroatoms. The van der Waals surface area contributed by atoms with Crippen molar-refractivity contribution in [2.45, 2.75) is 39.2 Å². The number of nitrogens with one attached hydrogen (secondary N) is 2. The molecular formula is C13H26N4O6S. The van der Waals surface area contributed by atoms with Gasteiger partial charge < -0.3 is 15.5 Å². The van der Waals surface area contributed by atoms with E-state index >= 15 is 0 Å². The minimum atomic E-state index is -4.61. The zero-order valence-electron chi connectivity index (χ0n) is 14.0. The Morgan fingerprint density at radius 3 is 2.50 bits per heavy atom. The van der Waals surface area contributed by atoms with Crippen molar-refractivity contribution in [3.8, 4) is 0 Å². The van der Waals surface area contributed by atoms with Gasteiger partial charge in [-0.15, -0.1) is 4.28 Å². The summed E-state index contributed by atoms with van der Waals surface area (Å²) in [5.41, 5.74) is 0. The smallest absolute Gasteiger partial charge is 0.354 e. The molecule has 0 bridgehead atoms. The highest BCUT2D eigenvalue weighted by Crippen LogP contribution is 2.10. The quantitative estimate of drug-likeness (QED) is 0.585. The van der Waals surface area contributed by atoms with Gasteiger partial charge in [0.15, 0.2) is 0 Å². The van der Waals surface area contributed by atoms with E-state index < -0.39 is 16.4 Å². The first-order valence-electron chi connectivity index (χ1n) is 7.94. The van der Waals surface area contributed by atoms with Crippen LogP contribution in [-0.4, -0.2) is 73.6 Å². The van der Waals surface area contributed by atoms with Crippen LogP contribution in [0.3, 0.4) is 0 Å². The van der Waals surface area contributed by atoms with E-state index in [1.54, 1.807) is 13.8 Å². The highest BCUT2D eigenvalue weighted by Gasteiger charge is 2.28. The number of hydrogen-bond donors (Lipinski definition) is 3. The van der Waals surface area contributed by atoms with Gasteiger partial charge in [0, 0.05) is 26.1 Å². The van der Waals surface area contributed by atoms with E-state index in [2.05, 4.69) is 14.9 Å². The summed E-state index contributed by atoms with van der Waals surface area (Å²) in [6.07, 6.45) is 2.74. The molecule has 0 saturated carbocycles. The molecule has 0 radical (unpaired) electrons. The van der Waals surface area contributed by atoms with Gasteiger partial charge in [-0.3, -0.25) is 9.35 Å². The van der Waals surface area contributed by atoms with Crippen molar-refractivity contribution < 1.29 is 26.8 Å². The molecule has 2 heterocycles. The van der Waals surface area contributed by atoms with Gasteiger partial charge in [0.1, 0.15) is 0 Å². The van der Waals surface area contributed by atoms with Gasteiger partial charge in [0.2, 0.25) is 5.91 Å². The van der Waals surface area contributed by atoms with Crippen molar-refractivity contribution in [2.24, 2.45) is 0 Å². The minimum Gasteiger partial charge on any atom is -0.354 e. The maximum absolute atomic E-state index is 11.4.